The summed E-state index contributed by atoms with van der Waals surface area (Å²) in [7, 11) is 0. The molecule has 4 atom stereocenters. The quantitative estimate of drug-likeness (QED) is 0.825. The molecular formula is C16H31N3O. The summed E-state index contributed by atoms with van der Waals surface area (Å²) >= 11 is 0. The summed E-state index contributed by atoms with van der Waals surface area (Å²) < 4.78 is 0. The summed E-state index contributed by atoms with van der Waals surface area (Å²) in [4.78, 5) is 14.5. The lowest BCUT2D eigenvalue weighted by atomic mass is 9.86. The highest BCUT2D eigenvalue weighted by Crippen LogP contribution is 2.24. The Hall–Kier alpha value is -0.610. The average Bonchev–Trinajstić information content (AvgIpc) is 2.41. The van der Waals surface area contributed by atoms with E-state index in [9.17, 15) is 4.79 Å². The van der Waals surface area contributed by atoms with E-state index in [1.807, 2.05) is 0 Å². The molecule has 0 spiro atoms. The van der Waals surface area contributed by atoms with Gasteiger partial charge in [-0.05, 0) is 51.0 Å². The Morgan fingerprint density at radius 2 is 2.05 bits per heavy atom. The molecule has 116 valence electrons. The van der Waals surface area contributed by atoms with Crippen molar-refractivity contribution in [1.82, 2.24) is 10.2 Å². The molecule has 3 N–H and O–H groups in total. The van der Waals surface area contributed by atoms with Crippen molar-refractivity contribution in [2.24, 2.45) is 17.6 Å². The predicted octanol–water partition coefficient (Wildman–Crippen LogP) is 1.74. The Morgan fingerprint density at radius 1 is 1.30 bits per heavy atom. The first-order valence-electron chi connectivity index (χ1n) is 8.33. The van der Waals surface area contributed by atoms with Gasteiger partial charge < -0.3 is 11.1 Å². The summed E-state index contributed by atoms with van der Waals surface area (Å²) in [5, 5.41) is 3.25. The number of nitrogens with zero attached hydrogens (tertiary/aromatic N) is 1. The number of nitrogens with two attached hydrogens (primary N) is 1. The molecule has 0 aromatic heterocycles. The van der Waals surface area contributed by atoms with Gasteiger partial charge in [-0.2, -0.15) is 0 Å². The van der Waals surface area contributed by atoms with Crippen LogP contribution in [0.2, 0.25) is 0 Å². The number of likely N-dealkylation sites (tertiary alicyclic amines) is 1. The third-order valence-corrected chi connectivity index (χ3v) is 5.11. The Labute approximate surface area is 123 Å². The van der Waals surface area contributed by atoms with E-state index in [0.717, 1.165) is 19.5 Å². The van der Waals surface area contributed by atoms with Gasteiger partial charge in [0, 0.05) is 18.6 Å². The fourth-order valence-corrected chi connectivity index (χ4v) is 3.65. The van der Waals surface area contributed by atoms with E-state index in [4.69, 9.17) is 5.73 Å². The number of carbonyl (C=O) groups excluding carboxylic acids is 1. The maximum Gasteiger partial charge on any atom is 0.234 e. The Balaban J connectivity index is 1.76. The molecule has 4 nitrogen and oxygen atoms in total. The zero-order valence-electron chi connectivity index (χ0n) is 13.1. The normalized spacial score (nSPS) is 33.6. The highest BCUT2D eigenvalue weighted by molar-refractivity contribution is 5.78. The maximum atomic E-state index is 12.2. The van der Waals surface area contributed by atoms with E-state index < -0.39 is 0 Å². The first-order chi connectivity index (χ1) is 9.56. The van der Waals surface area contributed by atoms with Crippen molar-refractivity contribution in [2.45, 2.75) is 64.5 Å². The average molecular weight is 281 g/mol. The van der Waals surface area contributed by atoms with Gasteiger partial charge in [-0.15, -0.1) is 0 Å². The molecule has 2 fully saturated rings. The van der Waals surface area contributed by atoms with Crippen LogP contribution in [0.1, 0.15) is 52.4 Å². The molecule has 0 radical (unpaired) electrons. The third kappa shape index (κ3) is 4.45. The Morgan fingerprint density at radius 3 is 2.75 bits per heavy atom. The molecule has 1 aliphatic carbocycles. The molecule has 20 heavy (non-hydrogen) atoms. The van der Waals surface area contributed by atoms with Gasteiger partial charge in [-0.3, -0.25) is 9.69 Å². The van der Waals surface area contributed by atoms with Crippen molar-refractivity contribution in [3.05, 3.63) is 0 Å². The predicted molar refractivity (Wildman–Crippen MR) is 82.4 cm³/mol. The second-order valence-electron chi connectivity index (χ2n) is 6.93. The topological polar surface area (TPSA) is 58.4 Å². The molecule has 0 aromatic rings. The van der Waals surface area contributed by atoms with Crippen LogP contribution in [-0.2, 0) is 4.79 Å². The zero-order chi connectivity index (χ0) is 14.5. The van der Waals surface area contributed by atoms with Crippen molar-refractivity contribution in [3.8, 4) is 0 Å². The van der Waals surface area contributed by atoms with Crippen LogP contribution in [0.4, 0.5) is 0 Å². The highest BCUT2D eigenvalue weighted by atomic mass is 16.2. The molecule has 1 heterocycles. The van der Waals surface area contributed by atoms with Gasteiger partial charge >= 0.3 is 0 Å². The monoisotopic (exact) mass is 281 g/mol. The second kappa shape index (κ2) is 7.41. The fraction of sp³-hybridized carbons (Fsp3) is 0.938. The van der Waals surface area contributed by atoms with Crippen molar-refractivity contribution in [2.75, 3.05) is 19.6 Å². The summed E-state index contributed by atoms with van der Waals surface area (Å²) in [5.74, 6) is 1.38. The van der Waals surface area contributed by atoms with Crippen LogP contribution < -0.4 is 11.1 Å². The van der Waals surface area contributed by atoms with Gasteiger partial charge in [0.2, 0.25) is 5.91 Å². The van der Waals surface area contributed by atoms with Gasteiger partial charge in [0.05, 0.1) is 6.54 Å². The van der Waals surface area contributed by atoms with Gasteiger partial charge in [-0.1, -0.05) is 19.8 Å². The smallest absolute Gasteiger partial charge is 0.234 e. The number of amides is 1. The molecule has 2 aliphatic rings. The number of rotatable bonds is 4. The largest absolute Gasteiger partial charge is 0.352 e. The molecular weight excluding hydrogens is 250 g/mol. The molecule has 0 aromatic carbocycles. The standard InChI is InChI=1S/C16H31N3O/c1-12-6-3-4-8-15(12)18-16(20)11-19-9-5-7-14(10-19)13(2)17/h12-15H,3-11,17H2,1-2H3,(H,18,20). The van der Waals surface area contributed by atoms with Crippen LogP contribution in [0.25, 0.3) is 0 Å². The maximum absolute atomic E-state index is 12.2. The number of hydrogen-bond donors (Lipinski definition) is 2. The summed E-state index contributed by atoms with van der Waals surface area (Å²) in [6.07, 6.45) is 7.34. The molecule has 4 heteroatoms. The van der Waals surface area contributed by atoms with E-state index in [1.54, 1.807) is 0 Å². The fourth-order valence-electron chi connectivity index (χ4n) is 3.65. The zero-order valence-corrected chi connectivity index (χ0v) is 13.1. The summed E-state index contributed by atoms with van der Waals surface area (Å²) in [6, 6.07) is 0.629. The minimum absolute atomic E-state index is 0.203. The van der Waals surface area contributed by atoms with Crippen LogP contribution in [-0.4, -0.2) is 42.5 Å². The van der Waals surface area contributed by atoms with Crippen molar-refractivity contribution in [1.29, 1.82) is 0 Å². The van der Waals surface area contributed by atoms with Crippen LogP contribution >= 0.6 is 0 Å². The van der Waals surface area contributed by atoms with Crippen molar-refractivity contribution in [3.63, 3.8) is 0 Å². The first-order valence-corrected chi connectivity index (χ1v) is 8.33. The van der Waals surface area contributed by atoms with Crippen LogP contribution in [0.15, 0.2) is 0 Å². The van der Waals surface area contributed by atoms with Crippen molar-refractivity contribution < 1.29 is 4.79 Å². The van der Waals surface area contributed by atoms with E-state index in [1.165, 1.54) is 32.1 Å². The molecule has 4 unspecified atom stereocenters. The van der Waals surface area contributed by atoms with Gasteiger partial charge in [0.15, 0.2) is 0 Å². The van der Waals surface area contributed by atoms with E-state index in [2.05, 4.69) is 24.1 Å². The van der Waals surface area contributed by atoms with E-state index in [-0.39, 0.29) is 11.9 Å². The molecule has 1 aliphatic heterocycles. The minimum atomic E-state index is 0.203. The van der Waals surface area contributed by atoms with Crippen molar-refractivity contribution >= 4 is 5.91 Å². The molecule has 1 saturated carbocycles. The lowest BCUT2D eigenvalue weighted by Crippen LogP contribution is -2.49. The molecule has 2 rings (SSSR count). The Kier molecular flexibility index (Phi) is 5.85. The highest BCUT2D eigenvalue weighted by Gasteiger charge is 2.26. The molecule has 0 bridgehead atoms. The van der Waals surface area contributed by atoms with Crippen LogP contribution in [0.5, 0.6) is 0 Å². The number of carbonyl (C=O) groups is 1. The first kappa shape index (κ1) is 15.8. The summed E-state index contributed by atoms with van der Waals surface area (Å²) in [6.45, 7) is 6.91. The van der Waals surface area contributed by atoms with Crippen LogP contribution in [0, 0.1) is 11.8 Å². The number of nitrogens with one attached hydrogen (secondary N) is 1. The lowest BCUT2D eigenvalue weighted by molar-refractivity contribution is -0.124. The SMILES string of the molecule is CC(N)C1CCCN(CC(=O)NC2CCCCC2C)C1. The van der Waals surface area contributed by atoms with Gasteiger partial charge in [0.1, 0.15) is 0 Å². The van der Waals surface area contributed by atoms with Crippen LogP contribution in [0.3, 0.4) is 0 Å². The van der Waals surface area contributed by atoms with Gasteiger partial charge in [-0.25, -0.2) is 0 Å². The van der Waals surface area contributed by atoms with Gasteiger partial charge in [0.25, 0.3) is 0 Å². The lowest BCUT2D eigenvalue weighted by Gasteiger charge is -2.35. The van der Waals surface area contributed by atoms with E-state index >= 15 is 0 Å². The number of piperidine rings is 1. The Bertz CT molecular complexity index is 319. The third-order valence-electron chi connectivity index (χ3n) is 5.11. The minimum Gasteiger partial charge on any atom is -0.352 e. The molecule has 1 saturated heterocycles. The second-order valence-corrected chi connectivity index (χ2v) is 6.93. The number of hydrogen-bond acceptors (Lipinski definition) is 3. The summed E-state index contributed by atoms with van der Waals surface area (Å²) in [5.41, 5.74) is 6.00. The molecule has 1 amide bonds. The van der Waals surface area contributed by atoms with E-state index in [0.29, 0.717) is 24.4 Å².